The number of benzene rings is 1. The zero-order valence-corrected chi connectivity index (χ0v) is 10.6. The smallest absolute Gasteiger partial charge is 0.304 e. The van der Waals surface area contributed by atoms with Crippen LogP contribution < -0.4 is 5.73 Å². The van der Waals surface area contributed by atoms with E-state index in [9.17, 15) is 4.79 Å². The van der Waals surface area contributed by atoms with Gasteiger partial charge in [-0.2, -0.15) is 0 Å². The fraction of sp³-hybridized carbons (Fsp3) is 0.300. The molecule has 90 valence electrons. The van der Waals surface area contributed by atoms with Crippen molar-refractivity contribution in [2.45, 2.75) is 18.9 Å². The highest BCUT2D eigenvalue weighted by Gasteiger charge is 2.11. The van der Waals surface area contributed by atoms with Crippen molar-refractivity contribution in [3.05, 3.63) is 33.8 Å². The summed E-state index contributed by atoms with van der Waals surface area (Å²) in [5.41, 5.74) is 6.46. The van der Waals surface area contributed by atoms with Crippen molar-refractivity contribution < 1.29 is 9.90 Å². The third kappa shape index (κ3) is 5.03. The molecule has 1 atom stereocenters. The summed E-state index contributed by atoms with van der Waals surface area (Å²) in [5, 5.41) is 9.61. The molecule has 0 heterocycles. The minimum atomic E-state index is -0.910. The lowest BCUT2D eigenvalue weighted by Gasteiger charge is -2.10. The fourth-order valence-electron chi connectivity index (χ4n) is 1.27. The first-order valence-corrected chi connectivity index (χ1v) is 5.16. The third-order valence-corrected chi connectivity index (χ3v) is 2.52. The van der Waals surface area contributed by atoms with Crippen molar-refractivity contribution in [2.24, 2.45) is 5.73 Å². The lowest BCUT2D eigenvalue weighted by Crippen LogP contribution is -2.26. The fourth-order valence-corrected chi connectivity index (χ4v) is 1.75. The number of hydrogen-bond donors (Lipinski definition) is 2. The summed E-state index contributed by atoms with van der Waals surface area (Å²) in [6.07, 6.45) is 0.362. The maximum absolute atomic E-state index is 10.4. The van der Waals surface area contributed by atoms with E-state index in [1.807, 2.05) is 0 Å². The van der Waals surface area contributed by atoms with Crippen LogP contribution in [0.1, 0.15) is 12.0 Å². The van der Waals surface area contributed by atoms with E-state index in [0.29, 0.717) is 16.5 Å². The number of halogens is 3. The van der Waals surface area contributed by atoms with Crippen molar-refractivity contribution in [3.8, 4) is 0 Å². The molecule has 0 fully saturated rings. The Hall–Kier alpha value is -0.480. The van der Waals surface area contributed by atoms with Crippen molar-refractivity contribution in [3.63, 3.8) is 0 Å². The van der Waals surface area contributed by atoms with E-state index in [0.717, 1.165) is 5.56 Å². The second-order valence-corrected chi connectivity index (χ2v) is 4.14. The van der Waals surface area contributed by atoms with E-state index in [1.54, 1.807) is 18.2 Å². The van der Waals surface area contributed by atoms with E-state index in [1.165, 1.54) is 0 Å². The molecule has 0 amide bonds. The molecular weight excluding hydrogens is 272 g/mol. The number of nitrogens with two attached hydrogens (primary N) is 1. The molecule has 3 N–H and O–H groups in total. The Morgan fingerprint density at radius 3 is 2.56 bits per heavy atom. The highest BCUT2D eigenvalue weighted by molar-refractivity contribution is 6.35. The molecule has 3 nitrogen and oxygen atoms in total. The van der Waals surface area contributed by atoms with Gasteiger partial charge in [-0.1, -0.05) is 29.3 Å². The predicted molar refractivity (Wildman–Crippen MR) is 67.6 cm³/mol. The Labute approximate surface area is 110 Å². The van der Waals surface area contributed by atoms with Gasteiger partial charge in [-0.3, -0.25) is 4.79 Å². The van der Waals surface area contributed by atoms with Crippen LogP contribution in [0.2, 0.25) is 10.0 Å². The van der Waals surface area contributed by atoms with Crippen molar-refractivity contribution >= 4 is 41.6 Å². The Morgan fingerprint density at radius 2 is 2.06 bits per heavy atom. The molecule has 0 aliphatic heterocycles. The normalized spacial score (nSPS) is 11.7. The number of hydrogen-bond acceptors (Lipinski definition) is 2. The van der Waals surface area contributed by atoms with Crippen LogP contribution in [0, 0.1) is 0 Å². The molecule has 6 heteroatoms. The standard InChI is InChI=1S/C10H11Cl2NO2.ClH/c11-7-2-1-6(9(12)4-7)3-8(13)5-10(14)15;/h1-2,4,8H,3,5,13H2,(H,14,15);1H. The monoisotopic (exact) mass is 283 g/mol. The van der Waals surface area contributed by atoms with Gasteiger partial charge in [0.25, 0.3) is 0 Å². The highest BCUT2D eigenvalue weighted by Crippen LogP contribution is 2.22. The van der Waals surface area contributed by atoms with E-state index in [2.05, 4.69) is 0 Å². The average Bonchev–Trinajstić information content (AvgIpc) is 2.08. The minimum absolute atomic E-state index is 0. The zero-order chi connectivity index (χ0) is 11.4. The molecule has 0 saturated heterocycles. The van der Waals surface area contributed by atoms with Gasteiger partial charge in [0.15, 0.2) is 0 Å². The maximum atomic E-state index is 10.4. The van der Waals surface area contributed by atoms with Crippen molar-refractivity contribution in [2.75, 3.05) is 0 Å². The molecule has 0 saturated carbocycles. The first-order valence-electron chi connectivity index (χ1n) is 4.40. The molecule has 0 aromatic heterocycles. The topological polar surface area (TPSA) is 63.3 Å². The number of aliphatic carboxylic acids is 1. The minimum Gasteiger partial charge on any atom is -0.481 e. The van der Waals surface area contributed by atoms with Gasteiger partial charge in [0.2, 0.25) is 0 Å². The van der Waals surface area contributed by atoms with Crippen molar-refractivity contribution in [1.82, 2.24) is 0 Å². The van der Waals surface area contributed by atoms with E-state index in [4.69, 9.17) is 34.0 Å². The van der Waals surface area contributed by atoms with E-state index >= 15 is 0 Å². The second-order valence-electron chi connectivity index (χ2n) is 3.30. The lowest BCUT2D eigenvalue weighted by atomic mass is 10.0. The van der Waals surface area contributed by atoms with Crippen LogP contribution in [0.5, 0.6) is 0 Å². The van der Waals surface area contributed by atoms with Crippen LogP contribution in [0.15, 0.2) is 18.2 Å². The largest absolute Gasteiger partial charge is 0.481 e. The van der Waals surface area contributed by atoms with Gasteiger partial charge in [-0.25, -0.2) is 0 Å². The molecule has 0 radical (unpaired) electrons. The Kier molecular flexibility index (Phi) is 6.76. The first-order chi connectivity index (χ1) is 6.99. The van der Waals surface area contributed by atoms with Gasteiger partial charge in [-0.15, -0.1) is 12.4 Å². The van der Waals surface area contributed by atoms with Crippen molar-refractivity contribution in [1.29, 1.82) is 0 Å². The van der Waals surface area contributed by atoms with Gasteiger partial charge >= 0.3 is 5.97 Å². The molecule has 1 unspecified atom stereocenters. The van der Waals surface area contributed by atoms with Crippen LogP contribution in [0.3, 0.4) is 0 Å². The molecule has 1 aromatic carbocycles. The molecule has 16 heavy (non-hydrogen) atoms. The maximum Gasteiger partial charge on any atom is 0.304 e. The summed E-state index contributed by atoms with van der Waals surface area (Å²) in [6, 6.07) is 4.65. The number of carboxylic acids is 1. The van der Waals surface area contributed by atoms with Gasteiger partial charge in [-0.05, 0) is 24.1 Å². The van der Waals surface area contributed by atoms with Gasteiger partial charge < -0.3 is 10.8 Å². The van der Waals surface area contributed by atoms with Gasteiger partial charge in [0, 0.05) is 16.1 Å². The van der Waals surface area contributed by atoms with Crippen LogP contribution >= 0.6 is 35.6 Å². The second kappa shape index (κ2) is 6.97. The van der Waals surface area contributed by atoms with Crippen LogP contribution in [-0.2, 0) is 11.2 Å². The molecule has 0 bridgehead atoms. The lowest BCUT2D eigenvalue weighted by molar-refractivity contribution is -0.137. The summed E-state index contributed by atoms with van der Waals surface area (Å²) in [5.74, 6) is -0.910. The summed E-state index contributed by atoms with van der Waals surface area (Å²) in [6.45, 7) is 0. The molecule has 0 aliphatic carbocycles. The molecule has 1 aromatic rings. The van der Waals surface area contributed by atoms with Crippen LogP contribution in [0.4, 0.5) is 0 Å². The number of carboxylic acid groups (broad SMARTS) is 1. The van der Waals surface area contributed by atoms with E-state index < -0.39 is 12.0 Å². The van der Waals surface area contributed by atoms with E-state index in [-0.39, 0.29) is 18.8 Å². The van der Waals surface area contributed by atoms with Crippen LogP contribution in [0.25, 0.3) is 0 Å². The summed E-state index contributed by atoms with van der Waals surface area (Å²) >= 11 is 11.7. The molecule has 0 spiro atoms. The molecule has 1 rings (SSSR count). The summed E-state index contributed by atoms with van der Waals surface area (Å²) in [7, 11) is 0. The highest BCUT2D eigenvalue weighted by atomic mass is 35.5. The Bertz CT molecular complexity index is 371. The van der Waals surface area contributed by atoms with Crippen LogP contribution in [-0.4, -0.2) is 17.1 Å². The van der Waals surface area contributed by atoms with Gasteiger partial charge in [0.05, 0.1) is 6.42 Å². The summed E-state index contributed by atoms with van der Waals surface area (Å²) < 4.78 is 0. The zero-order valence-electron chi connectivity index (χ0n) is 8.32. The quantitative estimate of drug-likeness (QED) is 0.893. The molecule has 0 aliphatic rings. The Morgan fingerprint density at radius 1 is 1.44 bits per heavy atom. The Balaban J connectivity index is 0.00000225. The number of carbonyl (C=O) groups is 1. The SMILES string of the molecule is Cl.NC(CC(=O)O)Cc1ccc(Cl)cc1Cl. The average molecular weight is 285 g/mol. The van der Waals surface area contributed by atoms with Gasteiger partial charge in [0.1, 0.15) is 0 Å². The first kappa shape index (κ1) is 15.5. The summed E-state index contributed by atoms with van der Waals surface area (Å²) in [4.78, 5) is 10.4. The molecular formula is C10H12Cl3NO2. The predicted octanol–water partition coefficient (Wildman–Crippen LogP) is 2.76. The number of rotatable bonds is 4. The third-order valence-electron chi connectivity index (χ3n) is 1.93.